The van der Waals surface area contributed by atoms with Crippen molar-refractivity contribution in [3.63, 3.8) is 0 Å². The summed E-state index contributed by atoms with van der Waals surface area (Å²) >= 11 is 0. The molecule has 0 fully saturated rings. The average Bonchev–Trinajstić information content (AvgIpc) is 2.97. The van der Waals surface area contributed by atoms with Crippen LogP contribution in [0.5, 0.6) is 0 Å². The van der Waals surface area contributed by atoms with Crippen LogP contribution in [0.2, 0.25) is 0 Å². The van der Waals surface area contributed by atoms with Crippen LogP contribution in [-0.2, 0) is 6.54 Å². The summed E-state index contributed by atoms with van der Waals surface area (Å²) in [4.78, 5) is 11.5. The fourth-order valence-corrected chi connectivity index (χ4v) is 1.69. The molecule has 0 aromatic carbocycles. The lowest BCUT2D eigenvalue weighted by atomic mass is 10.2. The first kappa shape index (κ1) is 9.08. The van der Waals surface area contributed by atoms with Crippen molar-refractivity contribution in [2.75, 3.05) is 0 Å². The molecule has 5 nitrogen and oxygen atoms in total. The van der Waals surface area contributed by atoms with Crippen LogP contribution >= 0.6 is 0 Å². The molecule has 16 heavy (non-hydrogen) atoms. The highest BCUT2D eigenvalue weighted by atomic mass is 15.3. The molecule has 0 saturated heterocycles. The molecule has 0 amide bonds. The van der Waals surface area contributed by atoms with E-state index in [4.69, 9.17) is 0 Å². The monoisotopic (exact) mass is 212 g/mol. The second-order valence-corrected chi connectivity index (χ2v) is 3.43. The molecule has 0 aliphatic heterocycles. The molecule has 1 N–H and O–H groups in total. The van der Waals surface area contributed by atoms with Crippen molar-refractivity contribution in [1.82, 2.24) is 24.7 Å². The molecule has 3 aromatic rings. The third kappa shape index (κ3) is 1.29. The Kier molecular flexibility index (Phi) is 1.96. The average molecular weight is 212 g/mol. The summed E-state index contributed by atoms with van der Waals surface area (Å²) in [5, 5.41) is 5.36. The van der Waals surface area contributed by atoms with Crippen LogP contribution in [0.25, 0.3) is 22.4 Å². The molecular formula is C11H10N5. The SMILES string of the molecule is [CH2]Cn1ccc(-c2ncnc3[nH]ccc23)n1. The minimum Gasteiger partial charge on any atom is -0.346 e. The maximum absolute atomic E-state index is 4.38. The predicted molar refractivity (Wildman–Crippen MR) is 60.5 cm³/mol. The Balaban J connectivity index is 2.21. The number of aromatic amines is 1. The van der Waals surface area contributed by atoms with Gasteiger partial charge in [-0.3, -0.25) is 4.68 Å². The second-order valence-electron chi connectivity index (χ2n) is 3.43. The highest BCUT2D eigenvalue weighted by molar-refractivity contribution is 5.89. The smallest absolute Gasteiger partial charge is 0.141 e. The zero-order valence-electron chi connectivity index (χ0n) is 8.59. The number of hydrogen-bond acceptors (Lipinski definition) is 3. The van der Waals surface area contributed by atoms with Crippen LogP contribution < -0.4 is 0 Å². The van der Waals surface area contributed by atoms with Crippen molar-refractivity contribution in [3.05, 3.63) is 37.8 Å². The van der Waals surface area contributed by atoms with E-state index in [2.05, 4.69) is 27.0 Å². The van der Waals surface area contributed by atoms with Crippen LogP contribution in [0, 0.1) is 6.92 Å². The molecule has 0 atom stereocenters. The van der Waals surface area contributed by atoms with Crippen molar-refractivity contribution >= 4 is 11.0 Å². The van der Waals surface area contributed by atoms with Gasteiger partial charge >= 0.3 is 0 Å². The number of H-pyrrole nitrogens is 1. The van der Waals surface area contributed by atoms with E-state index in [1.54, 1.807) is 4.68 Å². The van der Waals surface area contributed by atoms with E-state index >= 15 is 0 Å². The molecule has 0 unspecified atom stereocenters. The standard InChI is InChI=1S/C11H10N5/c1-2-16-6-4-9(15-16)10-8-3-5-12-11(8)14-7-13-10/h3-7H,1-2H2,(H,12,13,14). The van der Waals surface area contributed by atoms with Crippen molar-refractivity contribution in [3.8, 4) is 11.4 Å². The van der Waals surface area contributed by atoms with Crippen molar-refractivity contribution in [2.24, 2.45) is 0 Å². The molecule has 3 aromatic heterocycles. The van der Waals surface area contributed by atoms with Gasteiger partial charge in [0.1, 0.15) is 23.4 Å². The largest absolute Gasteiger partial charge is 0.346 e. The normalized spacial score (nSPS) is 11.1. The minimum absolute atomic E-state index is 0.612. The second kappa shape index (κ2) is 3.44. The van der Waals surface area contributed by atoms with E-state index < -0.39 is 0 Å². The Labute approximate surface area is 92.2 Å². The summed E-state index contributed by atoms with van der Waals surface area (Å²) < 4.78 is 1.77. The van der Waals surface area contributed by atoms with Gasteiger partial charge in [-0.1, -0.05) is 0 Å². The third-order valence-corrected chi connectivity index (χ3v) is 2.47. The summed E-state index contributed by atoms with van der Waals surface area (Å²) in [6.07, 6.45) is 5.28. The van der Waals surface area contributed by atoms with E-state index in [9.17, 15) is 0 Å². The number of aromatic nitrogens is 5. The van der Waals surface area contributed by atoms with Crippen LogP contribution in [-0.4, -0.2) is 24.7 Å². The first-order valence-corrected chi connectivity index (χ1v) is 4.99. The van der Waals surface area contributed by atoms with Gasteiger partial charge in [-0.2, -0.15) is 5.10 Å². The maximum atomic E-state index is 4.38. The molecule has 79 valence electrons. The molecule has 3 heterocycles. The lowest BCUT2D eigenvalue weighted by Gasteiger charge is -1.97. The highest BCUT2D eigenvalue weighted by Gasteiger charge is 2.09. The van der Waals surface area contributed by atoms with Gasteiger partial charge in [0.05, 0.1) is 0 Å². The quantitative estimate of drug-likeness (QED) is 0.702. The Bertz CT molecular complexity index is 622. The van der Waals surface area contributed by atoms with Crippen LogP contribution in [0.1, 0.15) is 0 Å². The molecule has 3 rings (SSSR count). The zero-order chi connectivity index (χ0) is 11.0. The summed E-state index contributed by atoms with van der Waals surface area (Å²) in [7, 11) is 0. The van der Waals surface area contributed by atoms with Gasteiger partial charge in [0, 0.05) is 24.3 Å². The predicted octanol–water partition coefficient (Wildman–Crippen LogP) is 1.66. The molecule has 0 bridgehead atoms. The van der Waals surface area contributed by atoms with Gasteiger partial charge < -0.3 is 4.98 Å². The van der Waals surface area contributed by atoms with Gasteiger partial charge in [-0.25, -0.2) is 9.97 Å². The van der Waals surface area contributed by atoms with Crippen LogP contribution in [0.4, 0.5) is 0 Å². The summed E-state index contributed by atoms with van der Waals surface area (Å²) in [6.45, 7) is 4.39. The van der Waals surface area contributed by atoms with E-state index in [0.29, 0.717) is 6.54 Å². The van der Waals surface area contributed by atoms with E-state index in [1.165, 1.54) is 6.33 Å². The van der Waals surface area contributed by atoms with Crippen molar-refractivity contribution < 1.29 is 0 Å². The highest BCUT2D eigenvalue weighted by Crippen LogP contribution is 2.22. The van der Waals surface area contributed by atoms with Gasteiger partial charge in [0.15, 0.2) is 0 Å². The Hall–Kier alpha value is -2.17. The number of nitrogens with one attached hydrogen (secondary N) is 1. The summed E-state index contributed by atoms with van der Waals surface area (Å²) in [6, 6.07) is 3.88. The molecule has 0 saturated carbocycles. The zero-order valence-corrected chi connectivity index (χ0v) is 8.59. The first-order chi connectivity index (χ1) is 7.88. The third-order valence-electron chi connectivity index (χ3n) is 2.47. The Morgan fingerprint density at radius 1 is 1.31 bits per heavy atom. The maximum Gasteiger partial charge on any atom is 0.141 e. The molecule has 1 radical (unpaired) electrons. The molecule has 5 heteroatoms. The van der Waals surface area contributed by atoms with Crippen molar-refractivity contribution in [1.29, 1.82) is 0 Å². The molecule has 0 spiro atoms. The van der Waals surface area contributed by atoms with E-state index in [0.717, 1.165) is 22.4 Å². The van der Waals surface area contributed by atoms with Gasteiger partial charge in [-0.15, -0.1) is 0 Å². The Morgan fingerprint density at radius 3 is 3.06 bits per heavy atom. The fraction of sp³-hybridized carbons (Fsp3) is 0.0909. The van der Waals surface area contributed by atoms with Gasteiger partial charge in [0.2, 0.25) is 0 Å². The number of rotatable bonds is 2. The molecule has 0 aliphatic rings. The Morgan fingerprint density at radius 2 is 2.25 bits per heavy atom. The lowest BCUT2D eigenvalue weighted by molar-refractivity contribution is 0.701. The van der Waals surface area contributed by atoms with E-state index in [-0.39, 0.29) is 0 Å². The van der Waals surface area contributed by atoms with Crippen LogP contribution in [0.15, 0.2) is 30.9 Å². The number of hydrogen-bond donors (Lipinski definition) is 1. The topological polar surface area (TPSA) is 59.4 Å². The number of fused-ring (bicyclic) bond motifs is 1. The van der Waals surface area contributed by atoms with Gasteiger partial charge in [-0.05, 0) is 19.1 Å². The molecular weight excluding hydrogens is 202 g/mol. The first-order valence-electron chi connectivity index (χ1n) is 4.99. The van der Waals surface area contributed by atoms with E-state index in [1.807, 2.05) is 24.5 Å². The fourth-order valence-electron chi connectivity index (χ4n) is 1.69. The lowest BCUT2D eigenvalue weighted by Crippen LogP contribution is -1.95. The minimum atomic E-state index is 0.612. The summed E-state index contributed by atoms with van der Waals surface area (Å²) in [5.41, 5.74) is 2.52. The summed E-state index contributed by atoms with van der Waals surface area (Å²) in [5.74, 6) is 0. The number of nitrogens with zero attached hydrogens (tertiary/aromatic N) is 4. The molecule has 0 aliphatic carbocycles. The van der Waals surface area contributed by atoms with Gasteiger partial charge in [0.25, 0.3) is 0 Å². The van der Waals surface area contributed by atoms with Crippen LogP contribution in [0.3, 0.4) is 0 Å². The van der Waals surface area contributed by atoms with Crippen molar-refractivity contribution in [2.45, 2.75) is 6.54 Å².